The zero-order valence-electron chi connectivity index (χ0n) is 11.9. The Morgan fingerprint density at radius 1 is 1.06 bits per heavy atom. The second kappa shape index (κ2) is 6.64. The molecule has 0 aromatic heterocycles. The molecule has 0 heterocycles. The first-order valence-corrected chi connectivity index (χ1v) is 7.23. The molecule has 0 spiro atoms. The quantitative estimate of drug-likeness (QED) is 0.556. The first kappa shape index (κ1) is 14.0. The maximum atomic E-state index is 2.69. The van der Waals surface area contributed by atoms with Crippen LogP contribution in [-0.4, -0.2) is 24.5 Å². The minimum Gasteiger partial charge on any atom is -0.303 e. The van der Waals surface area contributed by atoms with E-state index < -0.39 is 0 Å². The maximum Gasteiger partial charge on any atom is 0.000966 e. The van der Waals surface area contributed by atoms with Gasteiger partial charge in [0.15, 0.2) is 0 Å². The lowest BCUT2D eigenvalue weighted by Crippen LogP contribution is -2.28. The molecule has 1 aliphatic rings. The number of rotatable bonds is 8. The van der Waals surface area contributed by atoms with Gasteiger partial charge in [-0.3, -0.25) is 0 Å². The summed E-state index contributed by atoms with van der Waals surface area (Å²) in [7, 11) is 0. The van der Waals surface area contributed by atoms with Crippen LogP contribution in [-0.2, 0) is 0 Å². The summed E-state index contributed by atoms with van der Waals surface area (Å²) in [5, 5.41) is 0. The molecule has 1 rings (SSSR count). The molecule has 0 aromatic rings. The van der Waals surface area contributed by atoms with Gasteiger partial charge < -0.3 is 4.90 Å². The second-order valence-electron chi connectivity index (χ2n) is 6.76. The molecule has 1 nitrogen and oxygen atoms in total. The fourth-order valence-electron chi connectivity index (χ4n) is 2.27. The van der Waals surface area contributed by atoms with Crippen molar-refractivity contribution in [2.45, 2.75) is 66.2 Å². The van der Waals surface area contributed by atoms with Crippen molar-refractivity contribution >= 4 is 0 Å². The zero-order chi connectivity index (χ0) is 12.0. The van der Waals surface area contributed by atoms with E-state index in [0.29, 0.717) is 5.41 Å². The van der Waals surface area contributed by atoms with Gasteiger partial charge >= 0.3 is 0 Å². The minimum absolute atomic E-state index is 0.520. The number of hydrogen-bond donors (Lipinski definition) is 0. The lowest BCUT2D eigenvalue weighted by atomic mass is 9.90. The lowest BCUT2D eigenvalue weighted by Gasteiger charge is -2.23. The third-order valence-corrected chi connectivity index (χ3v) is 3.40. The number of hydrogen-bond acceptors (Lipinski definition) is 1. The number of nitrogens with zero attached hydrogens (tertiary/aromatic N) is 1. The summed E-state index contributed by atoms with van der Waals surface area (Å²) in [6.07, 6.45) is 8.45. The lowest BCUT2D eigenvalue weighted by molar-refractivity contribution is 0.249. The molecule has 0 N–H and O–H groups in total. The van der Waals surface area contributed by atoms with Gasteiger partial charge in [-0.05, 0) is 56.5 Å². The monoisotopic (exact) mass is 225 g/mol. The van der Waals surface area contributed by atoms with Crippen molar-refractivity contribution in [3.8, 4) is 0 Å². The third-order valence-electron chi connectivity index (χ3n) is 3.40. The highest BCUT2D eigenvalue weighted by Crippen LogP contribution is 2.30. The third kappa shape index (κ3) is 7.27. The molecule has 0 unspecified atom stereocenters. The van der Waals surface area contributed by atoms with Crippen LogP contribution in [0.5, 0.6) is 0 Å². The van der Waals surface area contributed by atoms with E-state index in [1.54, 1.807) is 0 Å². The van der Waals surface area contributed by atoms with Gasteiger partial charge in [0.05, 0.1) is 0 Å². The predicted octanol–water partition coefficient (Wildman–Crippen LogP) is 4.32. The Bertz CT molecular complexity index is 176. The van der Waals surface area contributed by atoms with Crippen molar-refractivity contribution < 1.29 is 0 Å². The Labute approximate surface area is 103 Å². The van der Waals surface area contributed by atoms with Gasteiger partial charge in [-0.2, -0.15) is 0 Å². The van der Waals surface area contributed by atoms with Crippen molar-refractivity contribution in [3.63, 3.8) is 0 Å². The van der Waals surface area contributed by atoms with Crippen molar-refractivity contribution in [3.05, 3.63) is 0 Å². The Morgan fingerprint density at radius 3 is 2.25 bits per heavy atom. The maximum absolute atomic E-state index is 2.69. The van der Waals surface area contributed by atoms with E-state index in [4.69, 9.17) is 0 Å². The van der Waals surface area contributed by atoms with E-state index in [1.807, 2.05) is 0 Å². The fourth-order valence-corrected chi connectivity index (χ4v) is 2.27. The first-order chi connectivity index (χ1) is 7.51. The van der Waals surface area contributed by atoms with E-state index in [-0.39, 0.29) is 0 Å². The minimum atomic E-state index is 0.520. The highest BCUT2D eigenvalue weighted by atomic mass is 15.1. The normalized spacial score (nSPS) is 17.1. The van der Waals surface area contributed by atoms with E-state index in [2.05, 4.69) is 32.6 Å². The van der Waals surface area contributed by atoms with Gasteiger partial charge in [-0.1, -0.05) is 34.1 Å². The summed E-state index contributed by atoms with van der Waals surface area (Å²) in [4.78, 5) is 2.69. The fraction of sp³-hybridized carbons (Fsp3) is 1.00. The van der Waals surface area contributed by atoms with Gasteiger partial charge in [-0.15, -0.1) is 0 Å². The zero-order valence-corrected chi connectivity index (χ0v) is 11.9. The van der Waals surface area contributed by atoms with E-state index in [9.17, 15) is 0 Å². The Hall–Kier alpha value is -0.0400. The highest BCUT2D eigenvalue weighted by molar-refractivity contribution is 4.77. The molecule has 0 amide bonds. The van der Waals surface area contributed by atoms with Gasteiger partial charge in [0.2, 0.25) is 0 Å². The average molecular weight is 225 g/mol. The molecule has 0 bridgehead atoms. The predicted molar refractivity (Wildman–Crippen MR) is 72.8 cm³/mol. The SMILES string of the molecule is CCCN(CCCCC(C)(C)C)CC1CC1. The standard InChI is InChI=1S/C15H31N/c1-5-11-16(13-14-8-9-14)12-7-6-10-15(2,3)4/h14H,5-13H2,1-4H3. The van der Waals surface area contributed by atoms with E-state index in [0.717, 1.165) is 5.92 Å². The van der Waals surface area contributed by atoms with Crippen molar-refractivity contribution in [1.29, 1.82) is 0 Å². The highest BCUT2D eigenvalue weighted by Gasteiger charge is 2.23. The summed E-state index contributed by atoms with van der Waals surface area (Å²) < 4.78 is 0. The van der Waals surface area contributed by atoms with E-state index in [1.165, 1.54) is 58.2 Å². The number of unbranched alkanes of at least 4 members (excludes halogenated alkanes) is 1. The molecule has 0 atom stereocenters. The molecule has 1 aliphatic carbocycles. The smallest absolute Gasteiger partial charge is 0.000966 e. The molecule has 0 radical (unpaired) electrons. The Kier molecular flexibility index (Phi) is 5.82. The molecule has 0 aliphatic heterocycles. The van der Waals surface area contributed by atoms with E-state index >= 15 is 0 Å². The average Bonchev–Trinajstić information content (AvgIpc) is 2.95. The molecule has 0 aromatic carbocycles. The second-order valence-corrected chi connectivity index (χ2v) is 6.76. The molecule has 16 heavy (non-hydrogen) atoms. The molecule has 96 valence electrons. The van der Waals surface area contributed by atoms with Crippen molar-refractivity contribution in [2.24, 2.45) is 11.3 Å². The molecule has 1 heteroatoms. The molecular formula is C15H31N. The summed E-state index contributed by atoms with van der Waals surface area (Å²) in [5.41, 5.74) is 0.520. The van der Waals surface area contributed by atoms with Crippen LogP contribution in [0.2, 0.25) is 0 Å². The van der Waals surface area contributed by atoms with Gasteiger partial charge in [0.25, 0.3) is 0 Å². The van der Waals surface area contributed by atoms with Crippen LogP contribution in [0.1, 0.15) is 66.2 Å². The van der Waals surface area contributed by atoms with Crippen LogP contribution in [0, 0.1) is 11.3 Å². The summed E-state index contributed by atoms with van der Waals surface area (Å²) in [5.74, 6) is 1.05. The summed E-state index contributed by atoms with van der Waals surface area (Å²) in [6.45, 7) is 13.4. The Balaban J connectivity index is 2.06. The van der Waals surface area contributed by atoms with Crippen LogP contribution in [0.25, 0.3) is 0 Å². The topological polar surface area (TPSA) is 3.24 Å². The molecule has 0 saturated heterocycles. The van der Waals surface area contributed by atoms with Crippen molar-refractivity contribution in [1.82, 2.24) is 4.90 Å². The largest absolute Gasteiger partial charge is 0.303 e. The van der Waals surface area contributed by atoms with Gasteiger partial charge in [0, 0.05) is 6.54 Å². The van der Waals surface area contributed by atoms with Crippen LogP contribution in [0.3, 0.4) is 0 Å². The molecule has 1 fully saturated rings. The molecule has 1 saturated carbocycles. The van der Waals surface area contributed by atoms with Crippen LogP contribution >= 0.6 is 0 Å². The van der Waals surface area contributed by atoms with Crippen LogP contribution < -0.4 is 0 Å². The van der Waals surface area contributed by atoms with Gasteiger partial charge in [-0.25, -0.2) is 0 Å². The van der Waals surface area contributed by atoms with Crippen molar-refractivity contribution in [2.75, 3.05) is 19.6 Å². The molecular weight excluding hydrogens is 194 g/mol. The summed E-state index contributed by atoms with van der Waals surface area (Å²) in [6, 6.07) is 0. The summed E-state index contributed by atoms with van der Waals surface area (Å²) >= 11 is 0. The van der Waals surface area contributed by atoms with Crippen LogP contribution in [0.15, 0.2) is 0 Å². The first-order valence-electron chi connectivity index (χ1n) is 7.23. The van der Waals surface area contributed by atoms with Gasteiger partial charge in [0.1, 0.15) is 0 Å². The van der Waals surface area contributed by atoms with Crippen LogP contribution in [0.4, 0.5) is 0 Å². The Morgan fingerprint density at radius 2 is 1.75 bits per heavy atom.